The van der Waals surface area contributed by atoms with E-state index in [9.17, 15) is 8.42 Å². The third-order valence-electron chi connectivity index (χ3n) is 1.77. The van der Waals surface area contributed by atoms with Gasteiger partial charge in [-0.3, -0.25) is 9.87 Å². The fourth-order valence-corrected chi connectivity index (χ4v) is 1.87. The van der Waals surface area contributed by atoms with Gasteiger partial charge in [0, 0.05) is 7.05 Å². The second kappa shape index (κ2) is 3.35. The third kappa shape index (κ3) is 1.99. The van der Waals surface area contributed by atoms with Crippen LogP contribution in [0, 0.1) is 6.92 Å². The molecule has 0 fully saturated rings. The Balaban J connectivity index is 3.41. The summed E-state index contributed by atoms with van der Waals surface area (Å²) in [4.78, 5) is -0.0874. The van der Waals surface area contributed by atoms with Gasteiger partial charge in [0.1, 0.15) is 0 Å². The van der Waals surface area contributed by atoms with E-state index in [0.29, 0.717) is 11.3 Å². The van der Waals surface area contributed by atoms with Crippen LogP contribution in [0.1, 0.15) is 5.56 Å². The standard InChI is InChI=1S/C8H10NO3S/c1-6-7(9-2)4-3-5-8(6)13(10,11)12/h3-5H,1-2H3,(H,10,11,12). The Labute approximate surface area is 77.3 Å². The van der Waals surface area contributed by atoms with E-state index in [0.717, 1.165) is 0 Å². The zero-order chi connectivity index (χ0) is 10.1. The van der Waals surface area contributed by atoms with Crippen molar-refractivity contribution in [2.75, 3.05) is 7.05 Å². The molecule has 0 aliphatic heterocycles. The predicted octanol–water partition coefficient (Wildman–Crippen LogP) is 1.11. The van der Waals surface area contributed by atoms with Gasteiger partial charge in [-0.25, -0.2) is 0 Å². The molecule has 0 heterocycles. The molecule has 0 aromatic heterocycles. The maximum absolute atomic E-state index is 10.8. The van der Waals surface area contributed by atoms with Gasteiger partial charge in [0.25, 0.3) is 10.1 Å². The second-order valence-corrected chi connectivity index (χ2v) is 3.99. The lowest BCUT2D eigenvalue weighted by molar-refractivity contribution is 0.482. The molecule has 1 aromatic carbocycles. The van der Waals surface area contributed by atoms with Crippen molar-refractivity contribution in [3.8, 4) is 0 Å². The summed E-state index contributed by atoms with van der Waals surface area (Å²) in [6, 6.07) is 4.57. The number of nitrogens with zero attached hydrogens (tertiary/aromatic N) is 1. The Morgan fingerprint density at radius 3 is 2.46 bits per heavy atom. The number of hydrogen-bond donors (Lipinski definition) is 1. The van der Waals surface area contributed by atoms with E-state index in [1.54, 1.807) is 26.1 Å². The fraction of sp³-hybridized carbons (Fsp3) is 0.250. The van der Waals surface area contributed by atoms with Crippen molar-refractivity contribution in [2.45, 2.75) is 11.8 Å². The lowest BCUT2D eigenvalue weighted by Gasteiger charge is -2.06. The van der Waals surface area contributed by atoms with Crippen LogP contribution in [0.3, 0.4) is 0 Å². The predicted molar refractivity (Wildman–Crippen MR) is 48.7 cm³/mol. The molecule has 0 spiro atoms. The van der Waals surface area contributed by atoms with Crippen LogP contribution in [-0.4, -0.2) is 20.0 Å². The molecule has 13 heavy (non-hydrogen) atoms. The van der Waals surface area contributed by atoms with Crippen LogP contribution in [-0.2, 0) is 10.1 Å². The molecule has 0 saturated carbocycles. The average molecular weight is 200 g/mol. The lowest BCUT2D eigenvalue weighted by atomic mass is 10.2. The van der Waals surface area contributed by atoms with Crippen molar-refractivity contribution < 1.29 is 13.0 Å². The maximum Gasteiger partial charge on any atom is 0.294 e. The number of benzene rings is 1. The molecule has 1 radical (unpaired) electrons. The van der Waals surface area contributed by atoms with E-state index in [1.165, 1.54) is 6.07 Å². The molecule has 1 rings (SSSR count). The van der Waals surface area contributed by atoms with Gasteiger partial charge in [-0.2, -0.15) is 8.42 Å². The van der Waals surface area contributed by atoms with Gasteiger partial charge in [-0.1, -0.05) is 6.07 Å². The molecule has 0 aliphatic rings. The topological polar surface area (TPSA) is 68.5 Å². The summed E-state index contributed by atoms with van der Waals surface area (Å²) in [5.41, 5.74) is 1.03. The summed E-state index contributed by atoms with van der Waals surface area (Å²) in [6.45, 7) is 1.60. The Bertz CT molecular complexity index is 411. The second-order valence-electron chi connectivity index (χ2n) is 2.60. The van der Waals surface area contributed by atoms with Crippen molar-refractivity contribution in [2.24, 2.45) is 0 Å². The molecule has 0 saturated heterocycles. The van der Waals surface area contributed by atoms with Crippen molar-refractivity contribution >= 4 is 15.8 Å². The number of hydrogen-bond acceptors (Lipinski definition) is 2. The number of rotatable bonds is 2. The quantitative estimate of drug-likeness (QED) is 0.727. The molecule has 0 atom stereocenters. The third-order valence-corrected chi connectivity index (χ3v) is 2.77. The van der Waals surface area contributed by atoms with Gasteiger partial charge in [0.05, 0.1) is 10.6 Å². The van der Waals surface area contributed by atoms with Gasteiger partial charge in [0.2, 0.25) is 0 Å². The van der Waals surface area contributed by atoms with Gasteiger partial charge < -0.3 is 0 Å². The van der Waals surface area contributed by atoms with Gasteiger partial charge in [-0.05, 0) is 24.6 Å². The highest BCUT2D eigenvalue weighted by atomic mass is 32.2. The Hall–Kier alpha value is -1.07. The summed E-state index contributed by atoms with van der Waals surface area (Å²) >= 11 is 0. The van der Waals surface area contributed by atoms with Crippen LogP contribution in [0.2, 0.25) is 0 Å². The molecule has 1 aromatic rings. The first-order valence-electron chi connectivity index (χ1n) is 3.63. The summed E-state index contributed by atoms with van der Waals surface area (Å²) in [6.07, 6.45) is 0. The monoisotopic (exact) mass is 200 g/mol. The molecule has 0 amide bonds. The highest BCUT2D eigenvalue weighted by molar-refractivity contribution is 7.85. The van der Waals surface area contributed by atoms with Crippen molar-refractivity contribution in [3.63, 3.8) is 0 Å². The highest BCUT2D eigenvalue weighted by Crippen LogP contribution is 2.21. The van der Waals surface area contributed by atoms with E-state index < -0.39 is 10.1 Å². The lowest BCUT2D eigenvalue weighted by Crippen LogP contribution is -2.02. The minimum Gasteiger partial charge on any atom is -0.288 e. The molecule has 71 valence electrons. The molecular weight excluding hydrogens is 190 g/mol. The first-order chi connectivity index (χ1) is 5.96. The Morgan fingerprint density at radius 2 is 2.00 bits per heavy atom. The van der Waals surface area contributed by atoms with Crippen LogP contribution in [0.25, 0.3) is 0 Å². The minimum atomic E-state index is -4.13. The van der Waals surface area contributed by atoms with E-state index in [4.69, 9.17) is 4.55 Å². The fourth-order valence-electron chi connectivity index (χ4n) is 1.12. The molecule has 0 aliphatic carbocycles. The molecule has 1 N–H and O–H groups in total. The van der Waals surface area contributed by atoms with Crippen LogP contribution < -0.4 is 5.32 Å². The summed E-state index contributed by atoms with van der Waals surface area (Å²) in [5.74, 6) is 0. The summed E-state index contributed by atoms with van der Waals surface area (Å²) in [5, 5.41) is 3.87. The van der Waals surface area contributed by atoms with Crippen LogP contribution in [0.5, 0.6) is 0 Å². The zero-order valence-corrected chi connectivity index (χ0v) is 8.17. The zero-order valence-electron chi connectivity index (χ0n) is 7.35. The normalized spacial score (nSPS) is 11.3. The highest BCUT2D eigenvalue weighted by Gasteiger charge is 2.14. The van der Waals surface area contributed by atoms with Crippen molar-refractivity contribution in [1.82, 2.24) is 5.32 Å². The van der Waals surface area contributed by atoms with Gasteiger partial charge in [-0.15, -0.1) is 0 Å². The molecule has 4 nitrogen and oxygen atoms in total. The summed E-state index contributed by atoms with van der Waals surface area (Å²) in [7, 11) is -2.56. The maximum atomic E-state index is 10.8. The first kappa shape index (κ1) is 10.0. The largest absolute Gasteiger partial charge is 0.294 e. The molecule has 5 heteroatoms. The molecular formula is C8H10NO3S. The first-order valence-corrected chi connectivity index (χ1v) is 5.07. The van der Waals surface area contributed by atoms with Crippen LogP contribution in [0.15, 0.2) is 23.1 Å². The van der Waals surface area contributed by atoms with Crippen molar-refractivity contribution in [3.05, 3.63) is 23.8 Å². The molecule has 0 bridgehead atoms. The van der Waals surface area contributed by atoms with E-state index in [1.807, 2.05) is 0 Å². The van der Waals surface area contributed by atoms with Crippen LogP contribution in [0.4, 0.5) is 5.69 Å². The molecule has 0 unspecified atom stereocenters. The smallest absolute Gasteiger partial charge is 0.288 e. The van der Waals surface area contributed by atoms with E-state index in [2.05, 4.69) is 5.32 Å². The Kier molecular flexibility index (Phi) is 2.58. The van der Waals surface area contributed by atoms with Crippen LogP contribution >= 0.6 is 0 Å². The minimum absolute atomic E-state index is 0.0874. The summed E-state index contributed by atoms with van der Waals surface area (Å²) < 4.78 is 30.5. The Morgan fingerprint density at radius 1 is 1.38 bits per heavy atom. The van der Waals surface area contributed by atoms with E-state index >= 15 is 0 Å². The SMILES string of the molecule is C[N]c1cccc(S(=O)(=O)O)c1C. The van der Waals surface area contributed by atoms with Gasteiger partial charge >= 0.3 is 0 Å². The average Bonchev–Trinajstić information content (AvgIpc) is 2.02. The van der Waals surface area contributed by atoms with E-state index in [-0.39, 0.29) is 4.90 Å². The van der Waals surface area contributed by atoms with Crippen molar-refractivity contribution in [1.29, 1.82) is 0 Å². The van der Waals surface area contributed by atoms with Gasteiger partial charge in [0.15, 0.2) is 0 Å².